The lowest BCUT2D eigenvalue weighted by Gasteiger charge is -2.28. The molecule has 0 radical (unpaired) electrons. The van der Waals surface area contributed by atoms with Crippen LogP contribution >= 0.6 is 11.6 Å². The molecule has 2 amide bonds. The molecule has 37 heavy (non-hydrogen) atoms. The Labute approximate surface area is 216 Å². The van der Waals surface area contributed by atoms with E-state index in [1.54, 1.807) is 6.07 Å². The maximum Gasteiger partial charge on any atom is 0.412 e. The number of anilines is 1. The second-order valence-electron chi connectivity index (χ2n) is 8.09. The van der Waals surface area contributed by atoms with E-state index in [1.807, 2.05) is 30.3 Å². The Kier molecular flexibility index (Phi) is 10.3. The van der Waals surface area contributed by atoms with Crippen molar-refractivity contribution >= 4 is 29.4 Å². The van der Waals surface area contributed by atoms with E-state index in [4.69, 9.17) is 20.9 Å². The largest absolute Gasteiger partial charge is 0.447 e. The highest BCUT2D eigenvalue weighted by molar-refractivity contribution is 6.31. The molecule has 1 atom stereocenters. The standard InChI is InChI=1S/C25H26ClF3N4O4/c1-33(23(34)11-10-17-8-5-9-19(27)24(17)26)18(13-30-14-21(28)29)15-36-25(35)31-22-12-20(37-32-22)16-6-3-2-4-7-16/h2-9,12,18,21,30H,10-11,13-15H2,1H3,(H,31,32,35)/t18-/m0/s1. The van der Waals surface area contributed by atoms with Crippen LogP contribution in [0.2, 0.25) is 5.02 Å². The predicted molar refractivity (Wildman–Crippen MR) is 132 cm³/mol. The minimum Gasteiger partial charge on any atom is -0.447 e. The van der Waals surface area contributed by atoms with Crippen molar-refractivity contribution in [3.8, 4) is 11.3 Å². The molecule has 2 aromatic carbocycles. The number of hydrogen-bond acceptors (Lipinski definition) is 6. The summed E-state index contributed by atoms with van der Waals surface area (Å²) >= 11 is 5.95. The van der Waals surface area contributed by atoms with Gasteiger partial charge in [-0.05, 0) is 18.1 Å². The van der Waals surface area contributed by atoms with Gasteiger partial charge >= 0.3 is 6.09 Å². The first-order valence-corrected chi connectivity index (χ1v) is 11.8. The van der Waals surface area contributed by atoms with E-state index >= 15 is 0 Å². The third kappa shape index (κ3) is 8.50. The van der Waals surface area contributed by atoms with Crippen molar-refractivity contribution in [2.75, 3.05) is 32.1 Å². The van der Waals surface area contributed by atoms with Crippen LogP contribution in [0.1, 0.15) is 12.0 Å². The number of rotatable bonds is 12. The Morgan fingerprint density at radius 1 is 1.14 bits per heavy atom. The molecule has 3 aromatic rings. The van der Waals surface area contributed by atoms with Crippen molar-refractivity contribution in [1.29, 1.82) is 0 Å². The number of likely N-dealkylation sites (N-methyl/N-ethyl adjacent to an activating group) is 1. The molecule has 0 aliphatic carbocycles. The molecule has 1 heterocycles. The highest BCUT2D eigenvalue weighted by Gasteiger charge is 2.23. The summed E-state index contributed by atoms with van der Waals surface area (Å²) in [4.78, 5) is 26.4. The van der Waals surface area contributed by atoms with Crippen molar-refractivity contribution in [3.05, 3.63) is 71.0 Å². The van der Waals surface area contributed by atoms with Crippen molar-refractivity contribution in [2.24, 2.45) is 0 Å². The van der Waals surface area contributed by atoms with Crippen LogP contribution in [0.5, 0.6) is 0 Å². The van der Waals surface area contributed by atoms with Crippen LogP contribution in [0.15, 0.2) is 59.1 Å². The maximum absolute atomic E-state index is 13.7. The molecule has 198 valence electrons. The highest BCUT2D eigenvalue weighted by Crippen LogP contribution is 2.23. The van der Waals surface area contributed by atoms with E-state index < -0.39 is 30.9 Å². The predicted octanol–water partition coefficient (Wildman–Crippen LogP) is 5.00. The number of aryl methyl sites for hydroxylation is 1. The van der Waals surface area contributed by atoms with E-state index in [2.05, 4.69) is 15.8 Å². The normalized spacial score (nSPS) is 11.8. The molecule has 8 nitrogen and oxygen atoms in total. The highest BCUT2D eigenvalue weighted by atomic mass is 35.5. The Morgan fingerprint density at radius 3 is 2.62 bits per heavy atom. The van der Waals surface area contributed by atoms with Crippen LogP contribution in [-0.4, -0.2) is 61.3 Å². The van der Waals surface area contributed by atoms with Crippen molar-refractivity contribution in [2.45, 2.75) is 25.3 Å². The number of carbonyl (C=O) groups is 2. The molecule has 0 saturated carbocycles. The summed E-state index contributed by atoms with van der Waals surface area (Å²) in [6.07, 6.45) is -3.29. The molecule has 3 rings (SSSR count). The summed E-state index contributed by atoms with van der Waals surface area (Å²) in [6.45, 7) is -0.929. The second-order valence-corrected chi connectivity index (χ2v) is 8.46. The lowest BCUT2D eigenvalue weighted by Crippen LogP contribution is -2.47. The van der Waals surface area contributed by atoms with E-state index in [1.165, 1.54) is 30.1 Å². The smallest absolute Gasteiger partial charge is 0.412 e. The van der Waals surface area contributed by atoms with Gasteiger partial charge in [0.2, 0.25) is 5.91 Å². The lowest BCUT2D eigenvalue weighted by molar-refractivity contribution is -0.132. The summed E-state index contributed by atoms with van der Waals surface area (Å²) in [5.41, 5.74) is 1.23. The molecule has 0 bridgehead atoms. The Balaban J connectivity index is 1.56. The molecule has 0 saturated heterocycles. The lowest BCUT2D eigenvalue weighted by atomic mass is 10.1. The average Bonchev–Trinajstić information content (AvgIpc) is 3.35. The molecule has 0 spiro atoms. The number of carbonyl (C=O) groups excluding carboxylic acids is 2. The first kappa shape index (κ1) is 28.0. The number of nitrogens with zero attached hydrogens (tertiary/aromatic N) is 2. The molecule has 0 fully saturated rings. The zero-order valence-electron chi connectivity index (χ0n) is 19.9. The van der Waals surface area contributed by atoms with Crippen LogP contribution in [0.3, 0.4) is 0 Å². The van der Waals surface area contributed by atoms with E-state index in [9.17, 15) is 22.8 Å². The summed E-state index contributed by atoms with van der Waals surface area (Å²) in [5, 5.41) is 8.70. The number of aromatic nitrogens is 1. The minimum atomic E-state index is -2.59. The fraction of sp³-hybridized carbons (Fsp3) is 0.320. The third-order valence-corrected chi connectivity index (χ3v) is 5.89. The number of halogens is 4. The number of nitrogens with one attached hydrogen (secondary N) is 2. The second kappa shape index (κ2) is 13.7. The van der Waals surface area contributed by atoms with Gasteiger partial charge in [-0.25, -0.2) is 18.0 Å². The summed E-state index contributed by atoms with van der Waals surface area (Å²) in [5.74, 6) is -0.394. The van der Waals surface area contributed by atoms with Gasteiger partial charge in [0.25, 0.3) is 6.43 Å². The van der Waals surface area contributed by atoms with Crippen LogP contribution < -0.4 is 10.6 Å². The van der Waals surface area contributed by atoms with Crippen molar-refractivity contribution in [1.82, 2.24) is 15.4 Å². The molecular weight excluding hydrogens is 513 g/mol. The van der Waals surface area contributed by atoms with E-state index in [0.717, 1.165) is 5.56 Å². The van der Waals surface area contributed by atoms with E-state index in [0.29, 0.717) is 11.3 Å². The quantitative estimate of drug-likeness (QED) is 0.337. The zero-order valence-corrected chi connectivity index (χ0v) is 20.7. The van der Waals surface area contributed by atoms with Crippen LogP contribution in [0, 0.1) is 5.82 Å². The molecule has 0 aliphatic rings. The van der Waals surface area contributed by atoms with Gasteiger partial charge in [-0.2, -0.15) is 0 Å². The summed E-state index contributed by atoms with van der Waals surface area (Å²) in [6, 6.07) is 14.2. The van der Waals surface area contributed by atoms with Gasteiger partial charge in [0.15, 0.2) is 11.6 Å². The van der Waals surface area contributed by atoms with Gasteiger partial charge in [0.1, 0.15) is 12.4 Å². The van der Waals surface area contributed by atoms with Gasteiger partial charge in [0.05, 0.1) is 17.6 Å². The topological polar surface area (TPSA) is 96.7 Å². The van der Waals surface area contributed by atoms with Crippen LogP contribution in [0.4, 0.5) is 23.8 Å². The molecular formula is C25H26ClF3N4O4. The third-order valence-electron chi connectivity index (χ3n) is 5.46. The number of hydrogen-bond donors (Lipinski definition) is 2. The first-order valence-electron chi connectivity index (χ1n) is 11.4. The van der Waals surface area contributed by atoms with Gasteiger partial charge in [-0.15, -0.1) is 0 Å². The molecule has 12 heteroatoms. The van der Waals surface area contributed by atoms with Gasteiger partial charge in [-0.1, -0.05) is 59.2 Å². The Hall–Kier alpha value is -3.57. The molecule has 1 aromatic heterocycles. The first-order chi connectivity index (χ1) is 17.7. The number of amides is 2. The fourth-order valence-electron chi connectivity index (χ4n) is 3.41. The fourth-order valence-corrected chi connectivity index (χ4v) is 3.64. The number of benzene rings is 2. The SMILES string of the molecule is CN(C(=O)CCc1cccc(F)c1Cl)[C@@H](CNCC(F)F)COC(=O)Nc1cc(-c2ccccc2)on1. The van der Waals surface area contributed by atoms with Crippen LogP contribution in [-0.2, 0) is 16.0 Å². The molecule has 0 unspecified atom stereocenters. The van der Waals surface area contributed by atoms with Gasteiger partial charge in [-0.3, -0.25) is 10.1 Å². The van der Waals surface area contributed by atoms with E-state index in [-0.39, 0.29) is 42.7 Å². The Morgan fingerprint density at radius 2 is 1.89 bits per heavy atom. The summed E-state index contributed by atoms with van der Waals surface area (Å²) < 4.78 is 49.3. The summed E-state index contributed by atoms with van der Waals surface area (Å²) in [7, 11) is 1.47. The zero-order chi connectivity index (χ0) is 26.8. The molecule has 0 aliphatic heterocycles. The average molecular weight is 539 g/mol. The minimum absolute atomic E-state index is 0.0155. The van der Waals surface area contributed by atoms with Crippen molar-refractivity contribution < 1.29 is 32.0 Å². The maximum atomic E-state index is 13.7. The van der Waals surface area contributed by atoms with Gasteiger partial charge in [0, 0.05) is 31.6 Å². The van der Waals surface area contributed by atoms with Crippen LogP contribution in [0.25, 0.3) is 11.3 Å². The number of ether oxygens (including phenoxy) is 1. The number of alkyl halides is 2. The Bertz CT molecular complexity index is 1180. The van der Waals surface area contributed by atoms with Crippen molar-refractivity contribution in [3.63, 3.8) is 0 Å². The van der Waals surface area contributed by atoms with Gasteiger partial charge < -0.3 is 19.5 Å². The molecule has 2 N–H and O–H groups in total. The monoisotopic (exact) mass is 538 g/mol.